The smallest absolute Gasteiger partial charge is 0.0693 e. The first-order valence-corrected chi connectivity index (χ1v) is 6.07. The first-order valence-electron chi connectivity index (χ1n) is 6.07. The summed E-state index contributed by atoms with van der Waals surface area (Å²) in [6.07, 6.45) is 2.01. The standard InChI is InChI=1S/C14H19N3/c1-4-15-12(3)13-7-5-6-8-14(13)17-10-9-11(2)16-17/h5-10,12,15H,4H2,1-3H3. The summed E-state index contributed by atoms with van der Waals surface area (Å²) in [7, 11) is 0. The van der Waals surface area contributed by atoms with Crippen LogP contribution in [-0.4, -0.2) is 16.3 Å². The van der Waals surface area contributed by atoms with E-state index in [1.165, 1.54) is 5.56 Å². The Labute approximate surface area is 102 Å². The molecule has 0 saturated heterocycles. The molecule has 2 aromatic rings. The number of hydrogen-bond donors (Lipinski definition) is 1. The van der Waals surface area contributed by atoms with Crippen LogP contribution in [0.5, 0.6) is 0 Å². The summed E-state index contributed by atoms with van der Waals surface area (Å²) >= 11 is 0. The molecule has 1 aromatic heterocycles. The van der Waals surface area contributed by atoms with Gasteiger partial charge in [-0.05, 0) is 38.1 Å². The molecule has 1 atom stereocenters. The molecular weight excluding hydrogens is 210 g/mol. The summed E-state index contributed by atoms with van der Waals surface area (Å²) in [5.41, 5.74) is 3.46. The fourth-order valence-corrected chi connectivity index (χ4v) is 2.03. The van der Waals surface area contributed by atoms with Crippen LogP contribution in [0.1, 0.15) is 31.1 Å². The number of hydrogen-bond acceptors (Lipinski definition) is 2. The minimum Gasteiger partial charge on any atom is -0.310 e. The maximum absolute atomic E-state index is 4.47. The highest BCUT2D eigenvalue weighted by Crippen LogP contribution is 2.20. The Morgan fingerprint density at radius 2 is 2.06 bits per heavy atom. The topological polar surface area (TPSA) is 29.9 Å². The largest absolute Gasteiger partial charge is 0.310 e. The monoisotopic (exact) mass is 229 g/mol. The minimum atomic E-state index is 0.334. The van der Waals surface area contributed by atoms with Gasteiger partial charge in [0.05, 0.1) is 11.4 Å². The van der Waals surface area contributed by atoms with E-state index in [0.29, 0.717) is 6.04 Å². The van der Waals surface area contributed by atoms with E-state index in [-0.39, 0.29) is 0 Å². The number of rotatable bonds is 4. The molecule has 0 spiro atoms. The van der Waals surface area contributed by atoms with Crippen molar-refractivity contribution in [1.29, 1.82) is 0 Å². The van der Waals surface area contributed by atoms with Crippen molar-refractivity contribution in [3.05, 3.63) is 47.8 Å². The van der Waals surface area contributed by atoms with Gasteiger partial charge in [-0.15, -0.1) is 0 Å². The second-order valence-electron chi connectivity index (χ2n) is 4.24. The molecule has 0 saturated carbocycles. The van der Waals surface area contributed by atoms with E-state index < -0.39 is 0 Å². The van der Waals surface area contributed by atoms with Crippen molar-refractivity contribution >= 4 is 0 Å². The lowest BCUT2D eigenvalue weighted by atomic mass is 10.1. The van der Waals surface area contributed by atoms with Crippen molar-refractivity contribution in [2.75, 3.05) is 6.54 Å². The lowest BCUT2D eigenvalue weighted by molar-refractivity contribution is 0.593. The van der Waals surface area contributed by atoms with Crippen molar-refractivity contribution in [2.45, 2.75) is 26.8 Å². The Bertz CT molecular complexity index is 488. The maximum atomic E-state index is 4.47. The molecule has 3 nitrogen and oxygen atoms in total. The van der Waals surface area contributed by atoms with E-state index in [1.54, 1.807) is 0 Å². The Morgan fingerprint density at radius 1 is 1.29 bits per heavy atom. The Morgan fingerprint density at radius 3 is 2.71 bits per heavy atom. The van der Waals surface area contributed by atoms with Crippen molar-refractivity contribution in [3.8, 4) is 5.69 Å². The molecule has 0 amide bonds. The number of aryl methyl sites for hydroxylation is 1. The van der Waals surface area contributed by atoms with Gasteiger partial charge in [0.2, 0.25) is 0 Å². The summed E-state index contributed by atoms with van der Waals surface area (Å²) < 4.78 is 1.94. The Hall–Kier alpha value is -1.61. The van der Waals surface area contributed by atoms with Crippen molar-refractivity contribution < 1.29 is 0 Å². The van der Waals surface area contributed by atoms with E-state index in [2.05, 4.69) is 48.5 Å². The van der Waals surface area contributed by atoms with Crippen LogP contribution < -0.4 is 5.32 Å². The van der Waals surface area contributed by atoms with Crippen molar-refractivity contribution in [2.24, 2.45) is 0 Å². The number of nitrogens with one attached hydrogen (secondary N) is 1. The second-order valence-corrected chi connectivity index (χ2v) is 4.24. The highest BCUT2D eigenvalue weighted by atomic mass is 15.3. The van der Waals surface area contributed by atoms with Crippen LogP contribution in [0.25, 0.3) is 5.69 Å². The average molecular weight is 229 g/mol. The zero-order valence-electron chi connectivity index (χ0n) is 10.6. The average Bonchev–Trinajstić information content (AvgIpc) is 2.76. The van der Waals surface area contributed by atoms with Crippen molar-refractivity contribution in [3.63, 3.8) is 0 Å². The van der Waals surface area contributed by atoms with Gasteiger partial charge in [0.25, 0.3) is 0 Å². The van der Waals surface area contributed by atoms with Gasteiger partial charge in [-0.3, -0.25) is 0 Å². The Balaban J connectivity index is 2.40. The van der Waals surface area contributed by atoms with Gasteiger partial charge in [-0.1, -0.05) is 25.1 Å². The van der Waals surface area contributed by atoms with Gasteiger partial charge >= 0.3 is 0 Å². The quantitative estimate of drug-likeness (QED) is 0.873. The van der Waals surface area contributed by atoms with Crippen LogP contribution in [-0.2, 0) is 0 Å². The molecular formula is C14H19N3. The van der Waals surface area contributed by atoms with Crippen molar-refractivity contribution in [1.82, 2.24) is 15.1 Å². The third kappa shape index (κ3) is 2.56. The molecule has 90 valence electrons. The first-order chi connectivity index (χ1) is 8.22. The number of aromatic nitrogens is 2. The third-order valence-corrected chi connectivity index (χ3v) is 2.88. The summed E-state index contributed by atoms with van der Waals surface area (Å²) in [5, 5.41) is 7.91. The third-order valence-electron chi connectivity index (χ3n) is 2.88. The molecule has 0 radical (unpaired) electrons. The molecule has 0 aliphatic rings. The highest BCUT2D eigenvalue weighted by Gasteiger charge is 2.10. The zero-order valence-corrected chi connectivity index (χ0v) is 10.6. The van der Waals surface area contributed by atoms with E-state index in [0.717, 1.165) is 17.9 Å². The molecule has 0 fully saturated rings. The molecule has 2 rings (SSSR count). The second kappa shape index (κ2) is 5.15. The van der Waals surface area contributed by atoms with E-state index in [1.807, 2.05) is 23.9 Å². The van der Waals surface area contributed by atoms with E-state index in [9.17, 15) is 0 Å². The number of benzene rings is 1. The van der Waals surface area contributed by atoms with Gasteiger partial charge in [-0.25, -0.2) is 4.68 Å². The predicted molar refractivity (Wildman–Crippen MR) is 70.4 cm³/mol. The molecule has 0 aliphatic carbocycles. The van der Waals surface area contributed by atoms with Crippen LogP contribution in [0.3, 0.4) is 0 Å². The molecule has 1 aromatic carbocycles. The van der Waals surface area contributed by atoms with E-state index in [4.69, 9.17) is 0 Å². The molecule has 0 aliphatic heterocycles. The summed E-state index contributed by atoms with van der Waals surface area (Å²) in [4.78, 5) is 0. The molecule has 1 heterocycles. The van der Waals surface area contributed by atoms with Crippen LogP contribution in [0, 0.1) is 6.92 Å². The Kier molecular flexibility index (Phi) is 3.59. The maximum Gasteiger partial charge on any atom is 0.0693 e. The molecule has 0 bridgehead atoms. The lowest BCUT2D eigenvalue weighted by Gasteiger charge is -2.17. The minimum absolute atomic E-state index is 0.334. The van der Waals surface area contributed by atoms with Gasteiger partial charge < -0.3 is 5.32 Å². The summed E-state index contributed by atoms with van der Waals surface area (Å²) in [6, 6.07) is 10.7. The fourth-order valence-electron chi connectivity index (χ4n) is 2.03. The zero-order chi connectivity index (χ0) is 12.3. The molecule has 1 N–H and O–H groups in total. The summed E-state index contributed by atoms with van der Waals surface area (Å²) in [5.74, 6) is 0. The highest BCUT2D eigenvalue weighted by molar-refractivity contribution is 5.42. The van der Waals surface area contributed by atoms with Gasteiger partial charge in [0, 0.05) is 12.2 Å². The normalized spacial score (nSPS) is 12.6. The predicted octanol–water partition coefficient (Wildman–Crippen LogP) is 2.85. The first kappa shape index (κ1) is 11.9. The molecule has 17 heavy (non-hydrogen) atoms. The van der Waals surface area contributed by atoms with Gasteiger partial charge in [0.1, 0.15) is 0 Å². The molecule has 3 heteroatoms. The number of nitrogens with zero attached hydrogens (tertiary/aromatic N) is 2. The van der Waals surface area contributed by atoms with Crippen LogP contribution in [0.4, 0.5) is 0 Å². The van der Waals surface area contributed by atoms with Crippen LogP contribution in [0.15, 0.2) is 36.5 Å². The fraction of sp³-hybridized carbons (Fsp3) is 0.357. The van der Waals surface area contributed by atoms with E-state index >= 15 is 0 Å². The number of para-hydroxylation sites is 1. The molecule has 1 unspecified atom stereocenters. The summed E-state index contributed by atoms with van der Waals surface area (Å²) in [6.45, 7) is 7.27. The van der Waals surface area contributed by atoms with Crippen LogP contribution in [0.2, 0.25) is 0 Å². The lowest BCUT2D eigenvalue weighted by Crippen LogP contribution is -2.19. The SMILES string of the molecule is CCNC(C)c1ccccc1-n1ccc(C)n1. The van der Waals surface area contributed by atoms with Gasteiger partial charge in [-0.2, -0.15) is 5.10 Å². The van der Waals surface area contributed by atoms with Crippen LogP contribution >= 0.6 is 0 Å². The van der Waals surface area contributed by atoms with Gasteiger partial charge in [0.15, 0.2) is 0 Å².